The van der Waals surface area contributed by atoms with Crippen molar-refractivity contribution >= 4 is 11.6 Å². The number of rotatable bonds is 6. The summed E-state index contributed by atoms with van der Waals surface area (Å²) in [5, 5.41) is 0.435. The van der Waals surface area contributed by atoms with Gasteiger partial charge in [-0.25, -0.2) is 4.39 Å². The molecule has 0 radical (unpaired) electrons. The van der Waals surface area contributed by atoms with Gasteiger partial charge in [-0.3, -0.25) is 0 Å². The molecule has 2 rings (SSSR count). The van der Waals surface area contributed by atoms with E-state index in [1.807, 2.05) is 19.9 Å². The van der Waals surface area contributed by atoms with Crippen LogP contribution in [0.15, 0.2) is 30.3 Å². The van der Waals surface area contributed by atoms with Gasteiger partial charge in [-0.05, 0) is 68.6 Å². The molecule has 1 unspecified atom stereocenters. The van der Waals surface area contributed by atoms with E-state index >= 15 is 0 Å². The number of ether oxygens (including phenoxy) is 1. The predicted molar refractivity (Wildman–Crippen MR) is 94.0 cm³/mol. The molecular formula is C19H23ClFNO. The third kappa shape index (κ3) is 4.04. The van der Waals surface area contributed by atoms with E-state index in [0.717, 1.165) is 16.9 Å². The molecule has 0 amide bonds. The number of hydrogen-bond donors (Lipinski definition) is 1. The Morgan fingerprint density at radius 2 is 1.91 bits per heavy atom. The number of nitrogens with two attached hydrogens (primary N) is 1. The lowest BCUT2D eigenvalue weighted by molar-refractivity contribution is 0.333. The first kappa shape index (κ1) is 17.8. The summed E-state index contributed by atoms with van der Waals surface area (Å²) in [6, 6.07) is 8.86. The molecule has 23 heavy (non-hydrogen) atoms. The van der Waals surface area contributed by atoms with Gasteiger partial charge in [0.1, 0.15) is 11.6 Å². The molecule has 0 saturated carbocycles. The molecule has 0 aromatic heterocycles. The average Bonchev–Trinajstić information content (AvgIpc) is 2.51. The average molecular weight is 336 g/mol. The summed E-state index contributed by atoms with van der Waals surface area (Å²) in [5.41, 5.74) is 9.83. The van der Waals surface area contributed by atoms with Gasteiger partial charge in [-0.2, -0.15) is 0 Å². The van der Waals surface area contributed by atoms with E-state index in [9.17, 15) is 4.39 Å². The Kier molecular flexibility index (Phi) is 6.03. The van der Waals surface area contributed by atoms with Crippen molar-refractivity contribution in [2.75, 3.05) is 13.2 Å². The van der Waals surface area contributed by atoms with Gasteiger partial charge >= 0.3 is 0 Å². The van der Waals surface area contributed by atoms with Crippen LogP contribution in [0.25, 0.3) is 0 Å². The van der Waals surface area contributed by atoms with Crippen molar-refractivity contribution < 1.29 is 9.13 Å². The zero-order chi connectivity index (χ0) is 17.0. The van der Waals surface area contributed by atoms with Crippen LogP contribution >= 0.6 is 11.6 Å². The van der Waals surface area contributed by atoms with Gasteiger partial charge in [0.15, 0.2) is 0 Å². The van der Waals surface area contributed by atoms with Gasteiger partial charge in [0, 0.05) is 16.5 Å². The van der Waals surface area contributed by atoms with Gasteiger partial charge in [0.25, 0.3) is 0 Å². The molecule has 124 valence electrons. The predicted octanol–water partition coefficient (Wildman–Crippen LogP) is 4.78. The second-order valence-electron chi connectivity index (χ2n) is 5.74. The van der Waals surface area contributed by atoms with Crippen LogP contribution in [0.3, 0.4) is 0 Å². The maximum absolute atomic E-state index is 14.1. The fraction of sp³-hybridized carbons (Fsp3) is 0.368. The molecule has 0 heterocycles. The molecule has 2 nitrogen and oxygen atoms in total. The van der Waals surface area contributed by atoms with Crippen molar-refractivity contribution in [3.63, 3.8) is 0 Å². The van der Waals surface area contributed by atoms with Gasteiger partial charge < -0.3 is 10.5 Å². The SMILES string of the molecule is CCOc1cc(C)c(C)cc1C(CN)Cc1c(F)cccc1Cl. The van der Waals surface area contributed by atoms with E-state index in [2.05, 4.69) is 13.0 Å². The van der Waals surface area contributed by atoms with E-state index < -0.39 is 0 Å². The van der Waals surface area contributed by atoms with Crippen LogP contribution in [0, 0.1) is 19.7 Å². The molecule has 4 heteroatoms. The van der Waals surface area contributed by atoms with Gasteiger partial charge in [0.05, 0.1) is 6.61 Å². The summed E-state index contributed by atoms with van der Waals surface area (Å²) < 4.78 is 19.9. The minimum absolute atomic E-state index is 0.0507. The van der Waals surface area contributed by atoms with Crippen LogP contribution in [0.5, 0.6) is 5.75 Å². The largest absolute Gasteiger partial charge is 0.494 e. The highest BCUT2D eigenvalue weighted by molar-refractivity contribution is 6.31. The monoisotopic (exact) mass is 335 g/mol. The maximum atomic E-state index is 14.1. The van der Waals surface area contributed by atoms with E-state index in [4.69, 9.17) is 22.1 Å². The molecule has 0 bridgehead atoms. The molecule has 0 aliphatic rings. The number of hydrogen-bond acceptors (Lipinski definition) is 2. The third-order valence-corrected chi connectivity index (χ3v) is 4.52. The Morgan fingerprint density at radius 1 is 1.22 bits per heavy atom. The summed E-state index contributed by atoms with van der Waals surface area (Å²) >= 11 is 6.16. The Bertz CT molecular complexity index is 667. The fourth-order valence-corrected chi connectivity index (χ4v) is 2.95. The second-order valence-corrected chi connectivity index (χ2v) is 6.15. The van der Waals surface area contributed by atoms with Crippen LogP contribution in [0.1, 0.15) is 35.1 Å². The molecule has 2 N–H and O–H groups in total. The Hall–Kier alpha value is -1.58. The summed E-state index contributed by atoms with van der Waals surface area (Å²) in [4.78, 5) is 0. The van der Waals surface area contributed by atoms with Crippen molar-refractivity contribution in [3.05, 3.63) is 63.4 Å². The van der Waals surface area contributed by atoms with Crippen molar-refractivity contribution in [3.8, 4) is 5.75 Å². The van der Waals surface area contributed by atoms with E-state index in [-0.39, 0.29) is 11.7 Å². The van der Waals surface area contributed by atoms with E-state index in [1.54, 1.807) is 12.1 Å². The summed E-state index contributed by atoms with van der Waals surface area (Å²) in [7, 11) is 0. The van der Waals surface area contributed by atoms with Crippen molar-refractivity contribution in [2.45, 2.75) is 33.1 Å². The summed E-state index contributed by atoms with van der Waals surface area (Å²) in [6.45, 7) is 7.02. The minimum atomic E-state index is -0.294. The Labute approximate surface area is 142 Å². The standard InChI is InChI=1S/C19H23ClFNO/c1-4-23-19-9-13(3)12(2)8-15(19)14(11-22)10-16-17(20)6-5-7-18(16)21/h5-9,14H,4,10-11,22H2,1-3H3. The van der Waals surface area contributed by atoms with Gasteiger partial charge in [0.2, 0.25) is 0 Å². The van der Waals surface area contributed by atoms with Gasteiger partial charge in [-0.1, -0.05) is 23.7 Å². The van der Waals surface area contributed by atoms with E-state index in [0.29, 0.717) is 30.2 Å². The maximum Gasteiger partial charge on any atom is 0.127 e. The Morgan fingerprint density at radius 3 is 2.52 bits per heavy atom. The highest BCUT2D eigenvalue weighted by atomic mass is 35.5. The topological polar surface area (TPSA) is 35.2 Å². The van der Waals surface area contributed by atoms with E-state index in [1.165, 1.54) is 11.6 Å². The van der Waals surface area contributed by atoms with Crippen molar-refractivity contribution in [2.24, 2.45) is 5.73 Å². The fourth-order valence-electron chi connectivity index (χ4n) is 2.71. The molecule has 1 atom stereocenters. The first-order valence-corrected chi connectivity index (χ1v) is 8.22. The molecule has 0 fully saturated rings. The lowest BCUT2D eigenvalue weighted by Crippen LogP contribution is -2.17. The third-order valence-electron chi connectivity index (χ3n) is 4.16. The summed E-state index contributed by atoms with van der Waals surface area (Å²) in [5.74, 6) is 0.474. The zero-order valence-electron chi connectivity index (χ0n) is 13.8. The number of benzene rings is 2. The molecule has 2 aromatic carbocycles. The molecule has 2 aromatic rings. The first-order chi connectivity index (χ1) is 11.0. The Balaban J connectivity index is 2.43. The molecule has 0 saturated heterocycles. The molecule has 0 spiro atoms. The van der Waals surface area contributed by atoms with Crippen LogP contribution in [-0.2, 0) is 6.42 Å². The van der Waals surface area contributed by atoms with Crippen molar-refractivity contribution in [1.29, 1.82) is 0 Å². The lowest BCUT2D eigenvalue weighted by atomic mass is 9.89. The van der Waals surface area contributed by atoms with Crippen molar-refractivity contribution in [1.82, 2.24) is 0 Å². The second kappa shape index (κ2) is 7.80. The van der Waals surface area contributed by atoms with Gasteiger partial charge in [-0.15, -0.1) is 0 Å². The zero-order valence-corrected chi connectivity index (χ0v) is 14.6. The quantitative estimate of drug-likeness (QED) is 0.824. The normalized spacial score (nSPS) is 12.3. The van der Waals surface area contributed by atoms with Crippen LogP contribution < -0.4 is 10.5 Å². The smallest absolute Gasteiger partial charge is 0.127 e. The number of halogens is 2. The number of aryl methyl sites for hydroxylation is 2. The minimum Gasteiger partial charge on any atom is -0.494 e. The summed E-state index contributed by atoms with van der Waals surface area (Å²) in [6.07, 6.45) is 0.449. The lowest BCUT2D eigenvalue weighted by Gasteiger charge is -2.21. The molecular weight excluding hydrogens is 313 g/mol. The van der Waals surface area contributed by atoms with Crippen LogP contribution in [0.2, 0.25) is 5.02 Å². The molecule has 0 aliphatic carbocycles. The van der Waals surface area contributed by atoms with Crippen LogP contribution in [-0.4, -0.2) is 13.2 Å². The molecule has 0 aliphatic heterocycles. The highest BCUT2D eigenvalue weighted by Gasteiger charge is 2.20. The first-order valence-electron chi connectivity index (χ1n) is 7.84. The highest BCUT2D eigenvalue weighted by Crippen LogP contribution is 2.33. The van der Waals surface area contributed by atoms with Crippen LogP contribution in [0.4, 0.5) is 4.39 Å².